The van der Waals surface area contributed by atoms with Crippen molar-refractivity contribution in [2.45, 2.75) is 13.1 Å². The molecular formula is C30H36N4O2. The van der Waals surface area contributed by atoms with E-state index >= 15 is 0 Å². The predicted molar refractivity (Wildman–Crippen MR) is 145 cm³/mol. The molecule has 5 rings (SSSR count). The van der Waals surface area contributed by atoms with Crippen molar-refractivity contribution in [1.82, 2.24) is 14.7 Å². The molecule has 1 amide bonds. The second-order valence-corrected chi connectivity index (χ2v) is 9.69. The van der Waals surface area contributed by atoms with Crippen LogP contribution in [0, 0.1) is 0 Å². The predicted octanol–water partition coefficient (Wildman–Crippen LogP) is 3.98. The van der Waals surface area contributed by atoms with E-state index in [0.29, 0.717) is 13.1 Å². The minimum Gasteiger partial charge on any atom is -0.495 e. The first-order valence-electron chi connectivity index (χ1n) is 12.9. The summed E-state index contributed by atoms with van der Waals surface area (Å²) in [5.41, 5.74) is 4.52. The minimum atomic E-state index is 0.121. The van der Waals surface area contributed by atoms with E-state index in [1.165, 1.54) is 11.1 Å². The largest absolute Gasteiger partial charge is 0.495 e. The standard InChI is InChI=1S/C30H36N4O2/c1-36-29-10-6-5-9-28(29)33-19-21-34(22-20-33)30(35)27-13-11-26(12-14-27)24-32-17-15-31(16-18-32)23-25-7-3-2-4-8-25/h2-14H,15-24H2,1H3. The lowest BCUT2D eigenvalue weighted by molar-refractivity contribution is 0.0746. The molecule has 3 aromatic rings. The Kier molecular flexibility index (Phi) is 7.84. The summed E-state index contributed by atoms with van der Waals surface area (Å²) in [6.45, 7) is 9.33. The second-order valence-electron chi connectivity index (χ2n) is 9.69. The third-order valence-electron chi connectivity index (χ3n) is 7.31. The third-order valence-corrected chi connectivity index (χ3v) is 7.31. The van der Waals surface area contributed by atoms with Gasteiger partial charge in [0.1, 0.15) is 5.75 Å². The van der Waals surface area contributed by atoms with E-state index < -0.39 is 0 Å². The SMILES string of the molecule is COc1ccccc1N1CCN(C(=O)c2ccc(CN3CCN(Cc4ccccc4)CC3)cc2)CC1. The Morgan fingerprint density at radius 1 is 0.667 bits per heavy atom. The lowest BCUT2D eigenvalue weighted by Gasteiger charge is -2.36. The minimum absolute atomic E-state index is 0.121. The molecular weight excluding hydrogens is 448 g/mol. The average molecular weight is 485 g/mol. The van der Waals surface area contributed by atoms with Gasteiger partial charge in [-0.25, -0.2) is 0 Å². The van der Waals surface area contributed by atoms with Crippen LogP contribution in [0.25, 0.3) is 0 Å². The molecule has 6 nitrogen and oxygen atoms in total. The highest BCUT2D eigenvalue weighted by molar-refractivity contribution is 5.94. The van der Waals surface area contributed by atoms with Gasteiger partial charge in [0, 0.05) is 71.0 Å². The molecule has 188 valence electrons. The van der Waals surface area contributed by atoms with Gasteiger partial charge in [-0.1, -0.05) is 54.6 Å². The number of ether oxygens (including phenoxy) is 1. The Morgan fingerprint density at radius 3 is 1.83 bits per heavy atom. The number of methoxy groups -OCH3 is 1. The van der Waals surface area contributed by atoms with Crippen molar-refractivity contribution in [2.24, 2.45) is 0 Å². The van der Waals surface area contributed by atoms with Crippen molar-refractivity contribution in [1.29, 1.82) is 0 Å². The molecule has 0 atom stereocenters. The second kappa shape index (κ2) is 11.6. The van der Waals surface area contributed by atoms with Crippen molar-refractivity contribution in [2.75, 3.05) is 64.4 Å². The summed E-state index contributed by atoms with van der Waals surface area (Å²) >= 11 is 0. The quantitative estimate of drug-likeness (QED) is 0.507. The topological polar surface area (TPSA) is 39.3 Å². The molecule has 0 aliphatic carbocycles. The van der Waals surface area contributed by atoms with Crippen LogP contribution in [0.4, 0.5) is 5.69 Å². The Labute approximate surface area is 214 Å². The fourth-order valence-electron chi connectivity index (χ4n) is 5.18. The van der Waals surface area contributed by atoms with Crippen molar-refractivity contribution >= 4 is 11.6 Å². The molecule has 0 radical (unpaired) electrons. The van der Waals surface area contributed by atoms with Crippen molar-refractivity contribution in [3.63, 3.8) is 0 Å². The number of carbonyl (C=O) groups excluding carboxylic acids is 1. The summed E-state index contributed by atoms with van der Waals surface area (Å²) in [4.78, 5) is 22.4. The van der Waals surface area contributed by atoms with Crippen molar-refractivity contribution in [3.8, 4) is 5.75 Å². The molecule has 2 saturated heterocycles. The first-order valence-corrected chi connectivity index (χ1v) is 12.9. The van der Waals surface area contributed by atoms with Gasteiger partial charge in [0.05, 0.1) is 12.8 Å². The van der Waals surface area contributed by atoms with Gasteiger partial charge < -0.3 is 14.5 Å². The van der Waals surface area contributed by atoms with Gasteiger partial charge in [0.2, 0.25) is 0 Å². The van der Waals surface area contributed by atoms with Gasteiger partial charge in [-0.15, -0.1) is 0 Å². The zero-order chi connectivity index (χ0) is 24.7. The molecule has 0 unspecified atom stereocenters. The number of para-hydroxylation sites is 2. The maximum absolute atomic E-state index is 13.1. The molecule has 0 bridgehead atoms. The normalized spacial score (nSPS) is 17.2. The zero-order valence-corrected chi connectivity index (χ0v) is 21.2. The Balaban J connectivity index is 1.09. The zero-order valence-electron chi connectivity index (χ0n) is 21.2. The van der Waals surface area contributed by atoms with Crippen LogP contribution in [-0.4, -0.2) is 80.1 Å². The number of anilines is 1. The van der Waals surface area contributed by atoms with Gasteiger partial charge >= 0.3 is 0 Å². The average Bonchev–Trinajstić information content (AvgIpc) is 2.95. The number of nitrogens with zero attached hydrogens (tertiary/aromatic N) is 4. The van der Waals surface area contributed by atoms with Crippen molar-refractivity contribution < 1.29 is 9.53 Å². The Bertz CT molecular complexity index is 1120. The molecule has 36 heavy (non-hydrogen) atoms. The molecule has 2 aliphatic heterocycles. The Morgan fingerprint density at radius 2 is 1.22 bits per heavy atom. The summed E-state index contributed by atoms with van der Waals surface area (Å²) in [6.07, 6.45) is 0. The number of piperazine rings is 2. The van der Waals surface area contributed by atoms with E-state index in [9.17, 15) is 4.79 Å². The molecule has 0 aromatic heterocycles. The lowest BCUT2D eigenvalue weighted by atomic mass is 10.1. The maximum Gasteiger partial charge on any atom is 0.253 e. The van der Waals surface area contributed by atoms with E-state index in [1.54, 1.807) is 7.11 Å². The van der Waals surface area contributed by atoms with Crippen molar-refractivity contribution in [3.05, 3.63) is 95.6 Å². The number of amides is 1. The highest BCUT2D eigenvalue weighted by Crippen LogP contribution is 2.28. The van der Waals surface area contributed by atoms with E-state index in [-0.39, 0.29) is 5.91 Å². The molecule has 3 aromatic carbocycles. The first-order chi connectivity index (χ1) is 17.7. The van der Waals surface area contributed by atoms with Crippen LogP contribution in [0.2, 0.25) is 0 Å². The van der Waals surface area contributed by atoms with E-state index in [2.05, 4.69) is 63.2 Å². The van der Waals surface area contributed by atoms with Crippen LogP contribution in [0.5, 0.6) is 5.75 Å². The summed E-state index contributed by atoms with van der Waals surface area (Å²) < 4.78 is 5.51. The number of rotatable bonds is 7. The highest BCUT2D eigenvalue weighted by Gasteiger charge is 2.24. The fourth-order valence-corrected chi connectivity index (χ4v) is 5.18. The highest BCUT2D eigenvalue weighted by atomic mass is 16.5. The number of carbonyl (C=O) groups is 1. The molecule has 2 aliphatic rings. The molecule has 6 heteroatoms. The number of hydrogen-bond donors (Lipinski definition) is 0. The summed E-state index contributed by atoms with van der Waals surface area (Å²) in [6, 6.07) is 27.0. The van der Waals surface area contributed by atoms with Crippen LogP contribution in [0.3, 0.4) is 0 Å². The summed E-state index contributed by atoms with van der Waals surface area (Å²) in [5, 5.41) is 0. The Hall–Kier alpha value is -3.35. The molecule has 0 N–H and O–H groups in total. The maximum atomic E-state index is 13.1. The summed E-state index contributed by atoms with van der Waals surface area (Å²) in [7, 11) is 1.70. The van der Waals surface area contributed by atoms with Crippen LogP contribution < -0.4 is 9.64 Å². The first kappa shape index (κ1) is 24.3. The molecule has 0 spiro atoms. The molecule has 2 fully saturated rings. The van der Waals surface area contributed by atoms with Gasteiger partial charge in [-0.2, -0.15) is 0 Å². The van der Waals surface area contributed by atoms with E-state index in [4.69, 9.17) is 4.74 Å². The van der Waals surface area contributed by atoms with E-state index in [0.717, 1.165) is 69.4 Å². The van der Waals surface area contributed by atoms with Crippen LogP contribution in [0.1, 0.15) is 21.5 Å². The smallest absolute Gasteiger partial charge is 0.253 e. The monoisotopic (exact) mass is 484 g/mol. The number of benzene rings is 3. The molecule has 2 heterocycles. The van der Waals surface area contributed by atoms with Gasteiger partial charge in [0.15, 0.2) is 0 Å². The number of hydrogen-bond acceptors (Lipinski definition) is 5. The fraction of sp³-hybridized carbons (Fsp3) is 0.367. The van der Waals surface area contributed by atoms with Gasteiger partial charge in [-0.3, -0.25) is 14.6 Å². The van der Waals surface area contributed by atoms with Crippen LogP contribution in [0.15, 0.2) is 78.9 Å². The van der Waals surface area contributed by atoms with E-state index in [1.807, 2.05) is 35.2 Å². The van der Waals surface area contributed by atoms with Crippen LogP contribution in [-0.2, 0) is 13.1 Å². The third kappa shape index (κ3) is 5.89. The summed E-state index contributed by atoms with van der Waals surface area (Å²) in [5.74, 6) is 1.00. The van der Waals surface area contributed by atoms with Gasteiger partial charge in [-0.05, 0) is 35.4 Å². The molecule has 0 saturated carbocycles. The lowest BCUT2D eigenvalue weighted by Crippen LogP contribution is -2.48. The van der Waals surface area contributed by atoms with Crippen LogP contribution >= 0.6 is 0 Å². The van der Waals surface area contributed by atoms with Gasteiger partial charge in [0.25, 0.3) is 5.91 Å².